The Morgan fingerprint density at radius 3 is 3.22 bits per heavy atom. The number of hydrogen-bond acceptors (Lipinski definition) is 3. The molecule has 3 rings (SSSR count). The molecule has 18 heavy (non-hydrogen) atoms. The molecule has 1 aliphatic rings. The molecule has 0 saturated heterocycles. The Labute approximate surface area is 105 Å². The Hall–Kier alpha value is -1.75. The average molecular weight is 246 g/mol. The largest absolute Gasteiger partial charge is 0.308 e. The van der Waals surface area contributed by atoms with Gasteiger partial charge in [0.2, 0.25) is 0 Å². The minimum absolute atomic E-state index is 0.0759. The minimum Gasteiger partial charge on any atom is -0.308 e. The predicted octanol–water partition coefficient (Wildman–Crippen LogP) is 1.69. The van der Waals surface area contributed by atoms with Gasteiger partial charge >= 0.3 is 0 Å². The second-order valence-corrected chi connectivity index (χ2v) is 4.52. The average Bonchev–Trinajstić information content (AvgIpc) is 3.00. The van der Waals surface area contributed by atoms with Crippen molar-refractivity contribution < 1.29 is 4.39 Å². The molecular formula is C13H15FN4. The summed E-state index contributed by atoms with van der Waals surface area (Å²) in [6, 6.07) is 5.60. The van der Waals surface area contributed by atoms with Gasteiger partial charge in [0, 0.05) is 18.8 Å². The maximum absolute atomic E-state index is 13.6. The maximum atomic E-state index is 13.6. The normalized spacial score (nSPS) is 17.9. The molecule has 1 aromatic carbocycles. The third-order valence-electron chi connectivity index (χ3n) is 3.42. The standard InChI is InChI=1S/C13H15FN4/c14-12-3-1-2-11-10(12)4-5-13(11)15-6-8-18-9-7-16-17-18/h1-3,7,9,13,15H,4-6,8H2. The highest BCUT2D eigenvalue weighted by molar-refractivity contribution is 5.35. The fourth-order valence-electron chi connectivity index (χ4n) is 2.53. The van der Waals surface area contributed by atoms with Gasteiger partial charge in [-0.15, -0.1) is 5.10 Å². The van der Waals surface area contributed by atoms with Crippen molar-refractivity contribution in [3.05, 3.63) is 47.5 Å². The smallest absolute Gasteiger partial charge is 0.126 e. The van der Waals surface area contributed by atoms with Crippen LogP contribution in [0, 0.1) is 5.82 Å². The van der Waals surface area contributed by atoms with E-state index in [4.69, 9.17) is 0 Å². The highest BCUT2D eigenvalue weighted by Crippen LogP contribution is 2.32. The van der Waals surface area contributed by atoms with Crippen LogP contribution >= 0.6 is 0 Å². The van der Waals surface area contributed by atoms with Gasteiger partial charge < -0.3 is 5.32 Å². The van der Waals surface area contributed by atoms with Crippen LogP contribution in [0.4, 0.5) is 4.39 Å². The number of nitrogens with zero attached hydrogens (tertiary/aromatic N) is 3. The molecule has 1 heterocycles. The third kappa shape index (κ3) is 2.13. The van der Waals surface area contributed by atoms with Crippen molar-refractivity contribution in [2.45, 2.75) is 25.4 Å². The number of rotatable bonds is 4. The molecule has 1 aliphatic carbocycles. The van der Waals surface area contributed by atoms with E-state index in [0.717, 1.165) is 37.1 Å². The van der Waals surface area contributed by atoms with Crippen LogP contribution in [0.2, 0.25) is 0 Å². The molecular weight excluding hydrogens is 231 g/mol. The molecule has 1 N–H and O–H groups in total. The van der Waals surface area contributed by atoms with Crippen LogP contribution in [0.5, 0.6) is 0 Å². The van der Waals surface area contributed by atoms with Crippen molar-refractivity contribution in [2.75, 3.05) is 6.54 Å². The quantitative estimate of drug-likeness (QED) is 0.892. The van der Waals surface area contributed by atoms with Crippen LogP contribution in [0.1, 0.15) is 23.6 Å². The second-order valence-electron chi connectivity index (χ2n) is 4.52. The molecule has 1 atom stereocenters. The summed E-state index contributed by atoms with van der Waals surface area (Å²) in [5.41, 5.74) is 1.98. The first-order chi connectivity index (χ1) is 8.84. The van der Waals surface area contributed by atoms with Crippen molar-refractivity contribution >= 4 is 0 Å². The summed E-state index contributed by atoms with van der Waals surface area (Å²) in [5.74, 6) is -0.0759. The molecule has 0 fully saturated rings. The van der Waals surface area contributed by atoms with E-state index in [1.165, 1.54) is 6.07 Å². The van der Waals surface area contributed by atoms with Gasteiger partial charge in [0.1, 0.15) is 5.82 Å². The van der Waals surface area contributed by atoms with Gasteiger partial charge in [-0.1, -0.05) is 17.3 Å². The van der Waals surface area contributed by atoms with E-state index < -0.39 is 0 Å². The van der Waals surface area contributed by atoms with E-state index in [-0.39, 0.29) is 11.9 Å². The number of benzene rings is 1. The first kappa shape index (κ1) is 11.3. The van der Waals surface area contributed by atoms with E-state index in [1.54, 1.807) is 16.9 Å². The molecule has 0 aliphatic heterocycles. The third-order valence-corrected chi connectivity index (χ3v) is 3.42. The van der Waals surface area contributed by atoms with E-state index in [9.17, 15) is 4.39 Å². The fraction of sp³-hybridized carbons (Fsp3) is 0.385. The van der Waals surface area contributed by atoms with Gasteiger partial charge in [-0.2, -0.15) is 0 Å². The number of aromatic nitrogens is 3. The Balaban J connectivity index is 1.61. The van der Waals surface area contributed by atoms with Crippen LogP contribution in [-0.4, -0.2) is 21.5 Å². The summed E-state index contributed by atoms with van der Waals surface area (Å²) < 4.78 is 15.3. The van der Waals surface area contributed by atoms with E-state index in [2.05, 4.69) is 15.6 Å². The lowest BCUT2D eigenvalue weighted by Crippen LogP contribution is -2.24. The predicted molar refractivity (Wildman–Crippen MR) is 65.5 cm³/mol. The lowest BCUT2D eigenvalue weighted by atomic mass is 10.1. The van der Waals surface area contributed by atoms with Crippen LogP contribution in [-0.2, 0) is 13.0 Å². The summed E-state index contributed by atoms with van der Waals surface area (Å²) in [7, 11) is 0. The lowest BCUT2D eigenvalue weighted by molar-refractivity contribution is 0.478. The summed E-state index contributed by atoms with van der Waals surface area (Å²) in [4.78, 5) is 0. The zero-order chi connectivity index (χ0) is 12.4. The maximum Gasteiger partial charge on any atom is 0.126 e. The van der Waals surface area contributed by atoms with Crippen LogP contribution in [0.3, 0.4) is 0 Å². The summed E-state index contributed by atoms with van der Waals surface area (Å²) in [6.45, 7) is 1.59. The van der Waals surface area contributed by atoms with E-state index in [0.29, 0.717) is 0 Å². The Morgan fingerprint density at radius 2 is 2.39 bits per heavy atom. The first-order valence-electron chi connectivity index (χ1n) is 6.19. The van der Waals surface area contributed by atoms with Gasteiger partial charge in [-0.25, -0.2) is 4.39 Å². The van der Waals surface area contributed by atoms with Gasteiger partial charge in [0.15, 0.2) is 0 Å². The molecule has 0 bridgehead atoms. The topological polar surface area (TPSA) is 42.7 Å². The fourth-order valence-corrected chi connectivity index (χ4v) is 2.53. The highest BCUT2D eigenvalue weighted by atomic mass is 19.1. The monoisotopic (exact) mass is 246 g/mol. The molecule has 1 aromatic heterocycles. The molecule has 0 amide bonds. The summed E-state index contributed by atoms with van der Waals surface area (Å²) >= 11 is 0. The van der Waals surface area contributed by atoms with Crippen LogP contribution in [0.25, 0.3) is 0 Å². The van der Waals surface area contributed by atoms with Crippen LogP contribution in [0.15, 0.2) is 30.6 Å². The molecule has 94 valence electrons. The molecule has 2 aromatic rings. The van der Waals surface area contributed by atoms with E-state index in [1.807, 2.05) is 12.3 Å². The van der Waals surface area contributed by atoms with Crippen molar-refractivity contribution in [1.29, 1.82) is 0 Å². The van der Waals surface area contributed by atoms with Crippen molar-refractivity contribution in [3.63, 3.8) is 0 Å². The molecule has 4 nitrogen and oxygen atoms in total. The second kappa shape index (κ2) is 4.86. The first-order valence-corrected chi connectivity index (χ1v) is 6.19. The van der Waals surface area contributed by atoms with Crippen molar-refractivity contribution in [3.8, 4) is 0 Å². The van der Waals surface area contributed by atoms with Crippen molar-refractivity contribution in [1.82, 2.24) is 20.3 Å². The number of hydrogen-bond donors (Lipinski definition) is 1. The number of halogens is 1. The molecule has 0 radical (unpaired) electrons. The molecule has 0 saturated carbocycles. The Bertz CT molecular complexity index is 524. The zero-order valence-corrected chi connectivity index (χ0v) is 10.0. The Morgan fingerprint density at radius 1 is 1.44 bits per heavy atom. The molecule has 0 spiro atoms. The summed E-state index contributed by atoms with van der Waals surface area (Å²) in [5, 5.41) is 11.1. The van der Waals surface area contributed by atoms with Gasteiger partial charge in [-0.05, 0) is 30.0 Å². The highest BCUT2D eigenvalue weighted by Gasteiger charge is 2.23. The van der Waals surface area contributed by atoms with Gasteiger partial charge in [0.05, 0.1) is 12.7 Å². The lowest BCUT2D eigenvalue weighted by Gasteiger charge is -2.13. The number of nitrogens with one attached hydrogen (secondary N) is 1. The minimum atomic E-state index is -0.0759. The molecule has 5 heteroatoms. The molecule has 1 unspecified atom stereocenters. The van der Waals surface area contributed by atoms with Crippen LogP contribution < -0.4 is 5.32 Å². The number of fused-ring (bicyclic) bond motifs is 1. The van der Waals surface area contributed by atoms with Crippen molar-refractivity contribution in [2.24, 2.45) is 0 Å². The summed E-state index contributed by atoms with van der Waals surface area (Å²) in [6.07, 6.45) is 5.29. The van der Waals surface area contributed by atoms with E-state index >= 15 is 0 Å². The Kier molecular flexibility index (Phi) is 3.06. The zero-order valence-electron chi connectivity index (χ0n) is 10.0. The van der Waals surface area contributed by atoms with Gasteiger partial charge in [0.25, 0.3) is 0 Å². The SMILES string of the molecule is Fc1cccc2c1CCC2NCCn1ccnn1. The van der Waals surface area contributed by atoms with Gasteiger partial charge in [-0.3, -0.25) is 4.68 Å².